The van der Waals surface area contributed by atoms with E-state index >= 15 is 0 Å². The monoisotopic (exact) mass is 439 g/mol. The number of aromatic amines is 1. The normalized spacial score (nSPS) is 10.7. The Bertz CT molecular complexity index is 1380. The Morgan fingerprint density at radius 1 is 1.06 bits per heavy atom. The van der Waals surface area contributed by atoms with Crippen LogP contribution in [-0.2, 0) is 6.61 Å². The lowest BCUT2D eigenvalue weighted by atomic mass is 10.1. The summed E-state index contributed by atoms with van der Waals surface area (Å²) in [5.41, 5.74) is 4.23. The second-order valence-electron chi connectivity index (χ2n) is 6.94. The molecule has 0 aliphatic heterocycles. The van der Waals surface area contributed by atoms with E-state index in [1.54, 1.807) is 72.9 Å². The summed E-state index contributed by atoms with van der Waals surface area (Å²) in [6.45, 7) is 0.128. The smallest absolute Gasteiger partial charge is 0.270 e. The first-order chi connectivity index (χ1) is 16.1. The van der Waals surface area contributed by atoms with Crippen molar-refractivity contribution < 1.29 is 9.13 Å². The highest BCUT2D eigenvalue weighted by Crippen LogP contribution is 2.19. The number of benzene rings is 3. The van der Waals surface area contributed by atoms with Crippen LogP contribution in [0.2, 0.25) is 0 Å². The summed E-state index contributed by atoms with van der Waals surface area (Å²) in [7, 11) is 0. The van der Waals surface area contributed by atoms with Gasteiger partial charge in [0.25, 0.3) is 5.56 Å². The van der Waals surface area contributed by atoms with E-state index in [0.717, 1.165) is 5.56 Å². The van der Waals surface area contributed by atoms with E-state index in [-0.39, 0.29) is 29.6 Å². The van der Waals surface area contributed by atoms with Gasteiger partial charge in [0.1, 0.15) is 29.8 Å². The van der Waals surface area contributed by atoms with Crippen LogP contribution in [0.1, 0.15) is 16.7 Å². The highest BCUT2D eigenvalue weighted by molar-refractivity contribution is 5.80. The van der Waals surface area contributed by atoms with Gasteiger partial charge in [-0.2, -0.15) is 10.4 Å². The lowest BCUT2D eigenvalue weighted by Gasteiger charge is -2.07. The Morgan fingerprint density at radius 2 is 1.79 bits per heavy atom. The molecular weight excluding hydrogens is 421 g/mol. The predicted molar refractivity (Wildman–Crippen MR) is 123 cm³/mol. The van der Waals surface area contributed by atoms with Gasteiger partial charge in [-0.05, 0) is 35.9 Å². The third-order valence-corrected chi connectivity index (χ3v) is 4.69. The van der Waals surface area contributed by atoms with Crippen LogP contribution in [0.5, 0.6) is 5.75 Å². The van der Waals surface area contributed by atoms with Crippen molar-refractivity contribution in [1.82, 2.24) is 9.97 Å². The van der Waals surface area contributed by atoms with Crippen LogP contribution in [-0.4, -0.2) is 16.2 Å². The van der Waals surface area contributed by atoms with Crippen LogP contribution in [0.25, 0.3) is 11.3 Å². The molecule has 0 aliphatic rings. The molecule has 162 valence electrons. The van der Waals surface area contributed by atoms with Crippen LogP contribution in [0.4, 0.5) is 10.3 Å². The number of hydrazone groups is 1. The van der Waals surface area contributed by atoms with Crippen molar-refractivity contribution in [2.45, 2.75) is 6.61 Å². The van der Waals surface area contributed by atoms with Gasteiger partial charge in [0.05, 0.1) is 11.9 Å². The first kappa shape index (κ1) is 21.5. The van der Waals surface area contributed by atoms with Gasteiger partial charge in [-0.25, -0.2) is 14.8 Å². The third-order valence-electron chi connectivity index (χ3n) is 4.69. The molecule has 8 heteroatoms. The number of nitriles is 1. The van der Waals surface area contributed by atoms with Crippen LogP contribution < -0.4 is 15.7 Å². The van der Waals surface area contributed by atoms with E-state index in [1.165, 1.54) is 6.07 Å². The maximum absolute atomic E-state index is 13.7. The van der Waals surface area contributed by atoms with Crippen molar-refractivity contribution in [2.24, 2.45) is 5.10 Å². The molecule has 0 saturated heterocycles. The number of H-pyrrole nitrogens is 1. The van der Waals surface area contributed by atoms with Gasteiger partial charge in [0.15, 0.2) is 0 Å². The molecule has 2 N–H and O–H groups in total. The number of ether oxygens (including phenoxy) is 1. The van der Waals surface area contributed by atoms with E-state index < -0.39 is 5.56 Å². The molecule has 0 saturated carbocycles. The number of hydrogen-bond donors (Lipinski definition) is 2. The summed E-state index contributed by atoms with van der Waals surface area (Å²) in [4.78, 5) is 19.1. The predicted octanol–water partition coefficient (Wildman–Crippen LogP) is 4.47. The van der Waals surface area contributed by atoms with Crippen molar-refractivity contribution in [3.63, 3.8) is 0 Å². The summed E-state index contributed by atoms with van der Waals surface area (Å²) < 4.78 is 19.3. The topological polar surface area (TPSA) is 103 Å². The van der Waals surface area contributed by atoms with E-state index in [2.05, 4.69) is 20.5 Å². The number of anilines is 1. The van der Waals surface area contributed by atoms with Crippen molar-refractivity contribution in [3.05, 3.63) is 112 Å². The minimum Gasteiger partial charge on any atom is -0.489 e. The molecule has 33 heavy (non-hydrogen) atoms. The lowest BCUT2D eigenvalue weighted by Crippen LogP contribution is -2.16. The molecule has 3 aromatic carbocycles. The van der Waals surface area contributed by atoms with Gasteiger partial charge in [-0.15, -0.1) is 0 Å². The van der Waals surface area contributed by atoms with Gasteiger partial charge in [-0.3, -0.25) is 9.78 Å². The molecule has 0 unspecified atom stereocenters. The number of nitrogens with zero attached hydrogens (tertiary/aromatic N) is 3. The zero-order valence-corrected chi connectivity index (χ0v) is 17.3. The number of rotatable bonds is 7. The summed E-state index contributed by atoms with van der Waals surface area (Å²) in [5.74, 6) is 0.394. The molecule has 7 nitrogen and oxygen atoms in total. The molecule has 0 radical (unpaired) electrons. The first-order valence-corrected chi connectivity index (χ1v) is 9.99. The molecule has 0 amide bonds. The fourth-order valence-electron chi connectivity index (χ4n) is 3.03. The molecule has 0 spiro atoms. The second kappa shape index (κ2) is 10.0. The Kier molecular flexibility index (Phi) is 6.52. The molecule has 0 bridgehead atoms. The summed E-state index contributed by atoms with van der Waals surface area (Å²) in [6, 6.07) is 24.4. The summed E-state index contributed by atoms with van der Waals surface area (Å²) >= 11 is 0. The second-order valence-corrected chi connectivity index (χ2v) is 6.94. The van der Waals surface area contributed by atoms with Crippen LogP contribution >= 0.6 is 0 Å². The SMILES string of the molecule is N#Cc1c(-c2ccccc2)nc(NN=Cc2ccc(OCc3ccccc3F)cc2)[nH]c1=O. The average molecular weight is 439 g/mol. The summed E-state index contributed by atoms with van der Waals surface area (Å²) in [6.07, 6.45) is 1.54. The minimum atomic E-state index is -0.555. The molecule has 0 fully saturated rings. The molecule has 4 aromatic rings. The zero-order valence-electron chi connectivity index (χ0n) is 17.3. The fourth-order valence-corrected chi connectivity index (χ4v) is 3.03. The highest BCUT2D eigenvalue weighted by atomic mass is 19.1. The van der Waals surface area contributed by atoms with Crippen molar-refractivity contribution in [3.8, 4) is 23.1 Å². The quantitative estimate of drug-likeness (QED) is 0.327. The van der Waals surface area contributed by atoms with Gasteiger partial charge in [-0.1, -0.05) is 48.5 Å². The molecule has 1 aromatic heterocycles. The van der Waals surface area contributed by atoms with E-state index in [1.807, 2.05) is 12.1 Å². The number of halogens is 1. The maximum atomic E-state index is 13.7. The minimum absolute atomic E-state index is 0.0679. The van der Waals surface area contributed by atoms with Crippen molar-refractivity contribution in [2.75, 3.05) is 5.43 Å². The van der Waals surface area contributed by atoms with E-state index in [9.17, 15) is 14.4 Å². The number of aromatic nitrogens is 2. The lowest BCUT2D eigenvalue weighted by molar-refractivity contribution is 0.300. The zero-order chi connectivity index (χ0) is 23.0. The Balaban J connectivity index is 1.43. The van der Waals surface area contributed by atoms with E-state index in [0.29, 0.717) is 16.9 Å². The van der Waals surface area contributed by atoms with Gasteiger partial charge < -0.3 is 4.74 Å². The van der Waals surface area contributed by atoms with Gasteiger partial charge in [0.2, 0.25) is 5.95 Å². The average Bonchev–Trinajstić information content (AvgIpc) is 2.84. The van der Waals surface area contributed by atoms with Crippen LogP contribution in [0, 0.1) is 17.1 Å². The molecule has 4 rings (SSSR count). The van der Waals surface area contributed by atoms with E-state index in [4.69, 9.17) is 4.74 Å². The molecular formula is C25H18FN5O2. The summed E-state index contributed by atoms with van der Waals surface area (Å²) in [5, 5.41) is 13.4. The third kappa shape index (κ3) is 5.29. The van der Waals surface area contributed by atoms with Gasteiger partial charge >= 0.3 is 0 Å². The molecule has 0 atom stereocenters. The van der Waals surface area contributed by atoms with Crippen LogP contribution in [0.3, 0.4) is 0 Å². The van der Waals surface area contributed by atoms with Crippen molar-refractivity contribution in [1.29, 1.82) is 5.26 Å². The van der Waals surface area contributed by atoms with Crippen LogP contribution in [0.15, 0.2) is 88.8 Å². The molecule has 1 heterocycles. The number of nitrogens with one attached hydrogen (secondary N) is 2. The highest BCUT2D eigenvalue weighted by Gasteiger charge is 2.12. The first-order valence-electron chi connectivity index (χ1n) is 9.99. The largest absolute Gasteiger partial charge is 0.489 e. The maximum Gasteiger partial charge on any atom is 0.270 e. The Labute approximate surface area is 188 Å². The van der Waals surface area contributed by atoms with Crippen molar-refractivity contribution >= 4 is 12.2 Å². The van der Waals surface area contributed by atoms with Gasteiger partial charge in [0, 0.05) is 11.1 Å². The fraction of sp³-hybridized carbons (Fsp3) is 0.0400. The molecule has 0 aliphatic carbocycles. The Morgan fingerprint density at radius 3 is 2.52 bits per heavy atom. The number of hydrogen-bond acceptors (Lipinski definition) is 6. The standard InChI is InChI=1S/C25H18FN5O2/c26-22-9-5-4-8-19(22)16-33-20-12-10-17(11-13-20)15-28-31-25-29-23(18-6-2-1-3-7-18)21(14-27)24(32)30-25/h1-13,15H,16H2,(H2,29,30,31,32). The Hall–Kier alpha value is -4.77.